The molecule has 8 heteroatoms. The summed E-state index contributed by atoms with van der Waals surface area (Å²) in [4.78, 5) is 15.6. The van der Waals surface area contributed by atoms with E-state index in [1.807, 2.05) is 35.2 Å². The number of fused-ring (bicyclic) bond motifs is 1. The molecule has 34 heavy (non-hydrogen) atoms. The molecule has 0 N–H and O–H groups in total. The zero-order chi connectivity index (χ0) is 23.7. The Balaban J connectivity index is 1.43. The Morgan fingerprint density at radius 1 is 1.09 bits per heavy atom. The van der Waals surface area contributed by atoms with E-state index in [1.165, 1.54) is 30.2 Å². The van der Waals surface area contributed by atoms with Crippen molar-refractivity contribution in [1.29, 1.82) is 0 Å². The first kappa shape index (κ1) is 22.8. The molecule has 0 saturated heterocycles. The molecule has 1 aliphatic carbocycles. The molecule has 1 amide bonds. The minimum Gasteiger partial charge on any atom is -0.493 e. The topological polar surface area (TPSA) is 69.5 Å². The highest BCUT2D eigenvalue weighted by Crippen LogP contribution is 2.42. The average Bonchev–Trinajstić information content (AvgIpc) is 3.65. The van der Waals surface area contributed by atoms with Gasteiger partial charge in [-0.3, -0.25) is 4.79 Å². The first-order valence-corrected chi connectivity index (χ1v) is 12.8. The maximum atomic E-state index is 13.6. The third-order valence-corrected chi connectivity index (χ3v) is 7.59. The molecule has 1 fully saturated rings. The normalized spacial score (nSPS) is 17.4. The maximum absolute atomic E-state index is 13.6. The molecule has 5 rings (SSSR count). The van der Waals surface area contributed by atoms with Crippen LogP contribution < -0.4 is 9.47 Å². The van der Waals surface area contributed by atoms with Crippen LogP contribution in [0.1, 0.15) is 54.2 Å². The van der Waals surface area contributed by atoms with Gasteiger partial charge < -0.3 is 18.9 Å². The highest BCUT2D eigenvalue weighted by Gasteiger charge is 2.34. The van der Waals surface area contributed by atoms with Crippen LogP contribution in [-0.4, -0.2) is 52.1 Å². The van der Waals surface area contributed by atoms with Crippen molar-refractivity contribution < 1.29 is 14.3 Å². The lowest BCUT2D eigenvalue weighted by molar-refractivity contribution is -0.130. The van der Waals surface area contributed by atoms with Gasteiger partial charge in [-0.05, 0) is 55.0 Å². The fraction of sp³-hybridized carbons (Fsp3) is 0.423. The summed E-state index contributed by atoms with van der Waals surface area (Å²) in [5.41, 5.74) is 3.35. The molecule has 2 aromatic carbocycles. The Morgan fingerprint density at radius 2 is 1.82 bits per heavy atom. The molecule has 2 aliphatic rings. The zero-order valence-corrected chi connectivity index (χ0v) is 20.7. The number of carbonyl (C=O) groups excluding carboxylic acids is 1. The highest BCUT2D eigenvalue weighted by atomic mass is 32.2. The van der Waals surface area contributed by atoms with Crippen molar-refractivity contribution in [3.63, 3.8) is 0 Å². The van der Waals surface area contributed by atoms with E-state index in [0.717, 1.165) is 35.1 Å². The number of hydrogen-bond acceptors (Lipinski definition) is 6. The molecule has 0 unspecified atom stereocenters. The number of thioether (sulfide) groups is 1. The van der Waals surface area contributed by atoms with Gasteiger partial charge in [0.2, 0.25) is 5.91 Å². The van der Waals surface area contributed by atoms with Crippen LogP contribution in [0.2, 0.25) is 0 Å². The first-order chi connectivity index (χ1) is 16.6. The molecule has 7 nitrogen and oxygen atoms in total. The Kier molecular flexibility index (Phi) is 6.50. The Morgan fingerprint density at radius 3 is 2.50 bits per heavy atom. The van der Waals surface area contributed by atoms with E-state index >= 15 is 0 Å². The molecule has 3 aromatic rings. The average molecular weight is 479 g/mol. The lowest BCUT2D eigenvalue weighted by Gasteiger charge is -2.38. The van der Waals surface area contributed by atoms with E-state index in [4.69, 9.17) is 9.47 Å². The fourth-order valence-corrected chi connectivity index (χ4v) is 5.66. The fourth-order valence-electron chi connectivity index (χ4n) is 4.77. The van der Waals surface area contributed by atoms with E-state index in [-0.39, 0.29) is 11.9 Å². The lowest BCUT2D eigenvalue weighted by Crippen LogP contribution is -2.41. The summed E-state index contributed by atoms with van der Waals surface area (Å²) in [5, 5.41) is 9.63. The van der Waals surface area contributed by atoms with Gasteiger partial charge in [0.25, 0.3) is 0 Å². The van der Waals surface area contributed by atoms with Crippen LogP contribution in [-0.2, 0) is 17.8 Å². The van der Waals surface area contributed by atoms with Crippen molar-refractivity contribution in [2.75, 3.05) is 26.5 Å². The number of hydrogen-bond donors (Lipinski definition) is 0. The minimum absolute atomic E-state index is 0.0953. The monoisotopic (exact) mass is 478 g/mol. The lowest BCUT2D eigenvalue weighted by atomic mass is 9.87. The standard InChI is InChI=1S/C26H30N4O3S/c1-4-29-25(18-10-11-18)27-28-26(29)34-16-23(31)30-13-12-19-14-21(32-2)22(33-3)15-20(19)24(30)17-8-6-5-7-9-17/h5-9,14-15,18,24H,4,10-13,16H2,1-3H3/t24-/m0/s1. The van der Waals surface area contributed by atoms with Gasteiger partial charge in [0, 0.05) is 19.0 Å². The summed E-state index contributed by atoms with van der Waals surface area (Å²) in [6, 6.07) is 14.1. The van der Waals surface area contributed by atoms with Crippen molar-refractivity contribution >= 4 is 17.7 Å². The van der Waals surface area contributed by atoms with Crippen LogP contribution in [0.4, 0.5) is 0 Å². The van der Waals surface area contributed by atoms with Crippen LogP contribution in [0, 0.1) is 0 Å². The number of benzene rings is 2. The third-order valence-electron chi connectivity index (χ3n) is 6.64. The second-order valence-electron chi connectivity index (χ2n) is 8.70. The van der Waals surface area contributed by atoms with Crippen LogP contribution in [0.3, 0.4) is 0 Å². The molecule has 0 bridgehead atoms. The number of rotatable bonds is 8. The van der Waals surface area contributed by atoms with Crippen molar-refractivity contribution in [3.8, 4) is 11.5 Å². The summed E-state index contributed by atoms with van der Waals surface area (Å²) in [7, 11) is 3.29. The van der Waals surface area contributed by atoms with Crippen LogP contribution in [0.5, 0.6) is 11.5 Å². The number of nitrogens with zero attached hydrogens (tertiary/aromatic N) is 4. The van der Waals surface area contributed by atoms with Gasteiger partial charge in [-0.2, -0.15) is 0 Å². The van der Waals surface area contributed by atoms with Crippen molar-refractivity contribution in [1.82, 2.24) is 19.7 Å². The molecule has 0 spiro atoms. The second kappa shape index (κ2) is 9.70. The van der Waals surface area contributed by atoms with Gasteiger partial charge in [-0.25, -0.2) is 0 Å². The van der Waals surface area contributed by atoms with E-state index in [1.54, 1.807) is 14.2 Å². The van der Waals surface area contributed by atoms with Gasteiger partial charge >= 0.3 is 0 Å². The molecule has 0 radical (unpaired) electrons. The van der Waals surface area contributed by atoms with Crippen LogP contribution >= 0.6 is 11.8 Å². The van der Waals surface area contributed by atoms with Gasteiger partial charge in [-0.15, -0.1) is 10.2 Å². The summed E-state index contributed by atoms with van der Waals surface area (Å²) in [6.07, 6.45) is 3.14. The number of aromatic nitrogens is 3. The highest BCUT2D eigenvalue weighted by molar-refractivity contribution is 7.99. The minimum atomic E-state index is -0.177. The summed E-state index contributed by atoms with van der Waals surface area (Å²) >= 11 is 1.49. The molecule has 1 saturated carbocycles. The zero-order valence-electron chi connectivity index (χ0n) is 19.9. The second-order valence-corrected chi connectivity index (χ2v) is 9.65. The van der Waals surface area contributed by atoms with Crippen LogP contribution in [0.15, 0.2) is 47.6 Å². The Labute approximate surface area is 204 Å². The SMILES string of the molecule is CCn1c(SCC(=O)N2CCc3cc(OC)c(OC)cc3[C@@H]2c2ccccc2)nnc1C1CC1. The predicted molar refractivity (Wildman–Crippen MR) is 132 cm³/mol. The smallest absolute Gasteiger partial charge is 0.233 e. The molecule has 1 aliphatic heterocycles. The first-order valence-electron chi connectivity index (χ1n) is 11.8. The molecule has 1 aromatic heterocycles. The molecule has 1 atom stereocenters. The number of amides is 1. The molecule has 178 valence electrons. The van der Waals surface area contributed by atoms with Gasteiger partial charge in [-0.1, -0.05) is 42.1 Å². The number of ether oxygens (including phenoxy) is 2. The molecular formula is C26H30N4O3S. The van der Waals surface area contributed by atoms with Gasteiger partial charge in [0.05, 0.1) is 26.0 Å². The van der Waals surface area contributed by atoms with Crippen molar-refractivity contribution in [3.05, 3.63) is 65.0 Å². The Hall–Kier alpha value is -3.00. The van der Waals surface area contributed by atoms with Crippen LogP contribution in [0.25, 0.3) is 0 Å². The quantitative estimate of drug-likeness (QED) is 0.445. The molecule has 2 heterocycles. The Bertz CT molecular complexity index is 1180. The summed E-state index contributed by atoms with van der Waals surface area (Å²) in [5.74, 6) is 3.41. The molecular weight excluding hydrogens is 448 g/mol. The van der Waals surface area contributed by atoms with Crippen molar-refractivity contribution in [2.45, 2.75) is 49.8 Å². The third kappa shape index (κ3) is 4.27. The summed E-state index contributed by atoms with van der Waals surface area (Å²) < 4.78 is 13.3. The predicted octanol–water partition coefficient (Wildman–Crippen LogP) is 4.46. The largest absolute Gasteiger partial charge is 0.493 e. The van der Waals surface area contributed by atoms with E-state index < -0.39 is 0 Å². The van der Waals surface area contributed by atoms with Crippen molar-refractivity contribution in [2.24, 2.45) is 0 Å². The maximum Gasteiger partial charge on any atom is 0.233 e. The number of methoxy groups -OCH3 is 2. The van der Waals surface area contributed by atoms with Gasteiger partial charge in [0.1, 0.15) is 5.82 Å². The van der Waals surface area contributed by atoms with E-state index in [2.05, 4.69) is 33.8 Å². The summed E-state index contributed by atoms with van der Waals surface area (Å²) in [6.45, 7) is 3.58. The number of carbonyl (C=O) groups is 1. The van der Waals surface area contributed by atoms with E-state index in [0.29, 0.717) is 29.7 Å². The van der Waals surface area contributed by atoms with E-state index in [9.17, 15) is 4.79 Å². The van der Waals surface area contributed by atoms with Gasteiger partial charge in [0.15, 0.2) is 16.7 Å².